The van der Waals surface area contributed by atoms with Gasteiger partial charge in [-0.2, -0.15) is 0 Å². The van der Waals surface area contributed by atoms with Crippen molar-refractivity contribution in [3.63, 3.8) is 0 Å². The number of carbonyl (C=O) groups is 2. The van der Waals surface area contributed by atoms with E-state index in [4.69, 9.17) is 14.2 Å². The van der Waals surface area contributed by atoms with Crippen molar-refractivity contribution in [1.82, 2.24) is 4.98 Å². The zero-order valence-electron chi connectivity index (χ0n) is 16.1. The molecular weight excluding hydrogens is 392 g/mol. The lowest BCUT2D eigenvalue weighted by atomic mass is 9.88. The van der Waals surface area contributed by atoms with Crippen LogP contribution < -0.4 is 19.5 Å². The Morgan fingerprint density at radius 1 is 0.931 bits per heavy atom. The zero-order valence-corrected chi connectivity index (χ0v) is 16.9. The molecule has 1 aliphatic rings. The maximum Gasteiger partial charge on any atom is 0.195 e. The molecule has 0 unspecified atom stereocenters. The van der Waals surface area contributed by atoms with E-state index in [2.05, 4.69) is 10.3 Å². The van der Waals surface area contributed by atoms with Gasteiger partial charge in [0.1, 0.15) is 22.8 Å². The Bertz CT molecular complexity index is 1170. The van der Waals surface area contributed by atoms with E-state index in [9.17, 15) is 9.59 Å². The summed E-state index contributed by atoms with van der Waals surface area (Å²) in [5, 5.41) is 3.77. The van der Waals surface area contributed by atoms with Crippen molar-refractivity contribution < 1.29 is 23.8 Å². The summed E-state index contributed by atoms with van der Waals surface area (Å²) in [6, 6.07) is 8.93. The summed E-state index contributed by atoms with van der Waals surface area (Å²) in [4.78, 5) is 30.3. The maximum absolute atomic E-state index is 13.1. The Morgan fingerprint density at radius 3 is 2.31 bits per heavy atom. The smallest absolute Gasteiger partial charge is 0.195 e. The van der Waals surface area contributed by atoms with Gasteiger partial charge < -0.3 is 19.5 Å². The number of Topliss-reactive ketones (excluding diaryl/α,β-unsaturated/α-hetero) is 1. The Kier molecular flexibility index (Phi) is 4.94. The lowest BCUT2D eigenvalue weighted by molar-refractivity contribution is 0.0978. The summed E-state index contributed by atoms with van der Waals surface area (Å²) in [6.45, 7) is 0.159. The van der Waals surface area contributed by atoms with Gasteiger partial charge in [-0.1, -0.05) is 17.4 Å². The second-order valence-corrected chi connectivity index (χ2v) is 7.29. The van der Waals surface area contributed by atoms with Crippen LogP contribution in [0.2, 0.25) is 0 Å². The molecule has 1 N–H and O–H groups in total. The number of carbonyl (C=O) groups excluding carboxylic acids is 2. The lowest BCUT2D eigenvalue weighted by Crippen LogP contribution is -2.23. The molecule has 148 valence electrons. The Labute approximate surface area is 170 Å². The van der Waals surface area contributed by atoms with Crippen LogP contribution in [0.5, 0.6) is 17.2 Å². The molecule has 0 saturated carbocycles. The van der Waals surface area contributed by atoms with Crippen LogP contribution in [0.25, 0.3) is 10.2 Å². The van der Waals surface area contributed by atoms with E-state index in [1.807, 2.05) is 18.2 Å². The van der Waals surface area contributed by atoms with Gasteiger partial charge >= 0.3 is 0 Å². The first-order valence-electron chi connectivity index (χ1n) is 8.79. The van der Waals surface area contributed by atoms with Gasteiger partial charge in [-0.3, -0.25) is 9.59 Å². The molecule has 0 radical (unpaired) electrons. The summed E-state index contributed by atoms with van der Waals surface area (Å²) >= 11 is 1.45. The molecule has 0 atom stereocenters. The van der Waals surface area contributed by atoms with E-state index in [1.165, 1.54) is 31.6 Å². The number of ketones is 2. The van der Waals surface area contributed by atoms with Gasteiger partial charge in [0.2, 0.25) is 0 Å². The number of nitrogens with one attached hydrogen (secondary N) is 1. The summed E-state index contributed by atoms with van der Waals surface area (Å²) in [7, 11) is 4.52. The van der Waals surface area contributed by atoms with E-state index in [-0.39, 0.29) is 29.2 Å². The van der Waals surface area contributed by atoms with Gasteiger partial charge in [0.25, 0.3) is 0 Å². The SMILES string of the molecule is COc1ccc(OC)c2c1C(=O)C=C(CNc1nc3c(OC)cccc3s1)C2=O. The largest absolute Gasteiger partial charge is 0.496 e. The lowest BCUT2D eigenvalue weighted by Gasteiger charge is -2.20. The van der Waals surface area contributed by atoms with Crippen molar-refractivity contribution in [3.8, 4) is 17.2 Å². The minimum absolute atomic E-state index is 0.159. The van der Waals surface area contributed by atoms with Crippen LogP contribution in [-0.4, -0.2) is 44.4 Å². The van der Waals surface area contributed by atoms with Crippen molar-refractivity contribution >= 4 is 38.3 Å². The van der Waals surface area contributed by atoms with Crippen LogP contribution in [0.4, 0.5) is 5.13 Å². The second-order valence-electron chi connectivity index (χ2n) is 6.26. The van der Waals surface area contributed by atoms with Gasteiger partial charge in [-0.15, -0.1) is 0 Å². The summed E-state index contributed by atoms with van der Waals surface area (Å²) in [6.07, 6.45) is 1.34. The van der Waals surface area contributed by atoms with Gasteiger partial charge in [0, 0.05) is 12.1 Å². The van der Waals surface area contributed by atoms with E-state index in [1.54, 1.807) is 19.2 Å². The Hall–Kier alpha value is -3.39. The number of methoxy groups -OCH3 is 3. The number of benzene rings is 2. The number of rotatable bonds is 6. The predicted molar refractivity (Wildman–Crippen MR) is 111 cm³/mol. The fourth-order valence-electron chi connectivity index (χ4n) is 3.30. The van der Waals surface area contributed by atoms with Gasteiger partial charge in [-0.05, 0) is 30.3 Å². The maximum atomic E-state index is 13.1. The average molecular weight is 410 g/mol. The molecule has 7 nitrogen and oxygen atoms in total. The summed E-state index contributed by atoms with van der Waals surface area (Å²) in [5.74, 6) is 0.801. The van der Waals surface area contributed by atoms with Crippen LogP contribution in [-0.2, 0) is 0 Å². The van der Waals surface area contributed by atoms with Crippen molar-refractivity contribution in [3.05, 3.63) is 53.1 Å². The standard InChI is InChI=1S/C21H18N2O5S/c1-26-13-7-8-14(27-2)18-17(13)12(24)9-11(20(18)25)10-22-21-23-19-15(28-3)5-4-6-16(19)29-21/h4-9H,10H2,1-3H3,(H,22,23). The number of ether oxygens (including phenoxy) is 3. The molecule has 0 bridgehead atoms. The number of aromatic nitrogens is 1. The molecule has 1 heterocycles. The quantitative estimate of drug-likeness (QED) is 0.662. The molecule has 1 aliphatic carbocycles. The number of allylic oxidation sites excluding steroid dienone is 1. The number of hydrogen-bond acceptors (Lipinski definition) is 8. The van der Waals surface area contributed by atoms with Gasteiger partial charge in [0.15, 0.2) is 16.7 Å². The van der Waals surface area contributed by atoms with E-state index in [0.29, 0.717) is 28.0 Å². The highest BCUT2D eigenvalue weighted by atomic mass is 32.1. The fraction of sp³-hybridized carbons (Fsp3) is 0.190. The number of para-hydroxylation sites is 1. The molecule has 0 saturated heterocycles. The first-order valence-corrected chi connectivity index (χ1v) is 9.61. The van der Waals surface area contributed by atoms with Crippen molar-refractivity contribution in [2.45, 2.75) is 0 Å². The van der Waals surface area contributed by atoms with Crippen molar-refractivity contribution in [2.24, 2.45) is 0 Å². The molecule has 1 aromatic heterocycles. The van der Waals surface area contributed by atoms with E-state index < -0.39 is 0 Å². The van der Waals surface area contributed by atoms with Crippen molar-refractivity contribution in [2.75, 3.05) is 33.2 Å². The number of anilines is 1. The predicted octanol–water partition coefficient (Wildman–Crippen LogP) is 3.74. The molecule has 0 fully saturated rings. The Morgan fingerprint density at radius 2 is 1.62 bits per heavy atom. The third kappa shape index (κ3) is 3.21. The minimum Gasteiger partial charge on any atom is -0.496 e. The number of hydrogen-bond donors (Lipinski definition) is 1. The zero-order chi connectivity index (χ0) is 20.5. The van der Waals surface area contributed by atoms with E-state index in [0.717, 1.165) is 10.2 Å². The normalized spacial score (nSPS) is 13.1. The number of thiazole rings is 1. The molecule has 29 heavy (non-hydrogen) atoms. The first-order chi connectivity index (χ1) is 14.1. The third-order valence-corrected chi connectivity index (χ3v) is 5.65. The number of fused-ring (bicyclic) bond motifs is 2. The monoisotopic (exact) mass is 410 g/mol. The fourth-order valence-corrected chi connectivity index (χ4v) is 4.18. The number of nitrogens with zero attached hydrogens (tertiary/aromatic N) is 1. The molecule has 3 aromatic rings. The highest BCUT2D eigenvalue weighted by Crippen LogP contribution is 2.36. The van der Waals surface area contributed by atoms with Gasteiger partial charge in [-0.25, -0.2) is 4.98 Å². The van der Waals surface area contributed by atoms with Crippen LogP contribution in [0.1, 0.15) is 20.7 Å². The van der Waals surface area contributed by atoms with Crippen LogP contribution in [0, 0.1) is 0 Å². The molecule has 0 spiro atoms. The molecule has 0 aliphatic heterocycles. The van der Waals surface area contributed by atoms with Crippen LogP contribution in [0.15, 0.2) is 42.0 Å². The summed E-state index contributed by atoms with van der Waals surface area (Å²) < 4.78 is 16.9. The van der Waals surface area contributed by atoms with Crippen LogP contribution in [0.3, 0.4) is 0 Å². The Balaban J connectivity index is 1.63. The van der Waals surface area contributed by atoms with Crippen LogP contribution >= 0.6 is 11.3 Å². The highest BCUT2D eigenvalue weighted by molar-refractivity contribution is 7.22. The highest BCUT2D eigenvalue weighted by Gasteiger charge is 2.31. The van der Waals surface area contributed by atoms with Crippen molar-refractivity contribution in [1.29, 1.82) is 0 Å². The molecule has 2 aromatic carbocycles. The third-order valence-electron chi connectivity index (χ3n) is 4.67. The minimum atomic E-state index is -0.293. The molecular formula is C21H18N2O5S. The average Bonchev–Trinajstić information content (AvgIpc) is 3.17. The summed E-state index contributed by atoms with van der Waals surface area (Å²) in [5.41, 5.74) is 1.53. The molecule has 8 heteroatoms. The van der Waals surface area contributed by atoms with E-state index >= 15 is 0 Å². The first kappa shape index (κ1) is 18.9. The molecule has 0 amide bonds. The molecule has 4 rings (SSSR count). The topological polar surface area (TPSA) is 86.8 Å². The van der Waals surface area contributed by atoms with Gasteiger partial charge in [0.05, 0.1) is 37.2 Å². The second kappa shape index (κ2) is 7.56.